The first-order valence-electron chi connectivity index (χ1n) is 10.8. The summed E-state index contributed by atoms with van der Waals surface area (Å²) in [6.07, 6.45) is 6.47. The molecule has 0 aliphatic heterocycles. The summed E-state index contributed by atoms with van der Waals surface area (Å²) in [5.74, 6) is 1.55. The van der Waals surface area contributed by atoms with Crippen molar-refractivity contribution in [3.05, 3.63) is 83.4 Å². The van der Waals surface area contributed by atoms with E-state index in [-0.39, 0.29) is 11.3 Å². The molecule has 2 aromatic carbocycles. The minimum absolute atomic E-state index is 0.123. The molecule has 0 bridgehead atoms. The van der Waals surface area contributed by atoms with Crippen LogP contribution < -0.4 is 4.90 Å². The topological polar surface area (TPSA) is 38.1 Å². The standard InChI is InChI=1S/C26H31N3O/c1-19-10-11-20-12-13-22(16-23(19)20)29(18-24-27-14-15-28(24)4)25(30)17-26(2,3)21-8-6-5-7-9-21/h5-9,12-16,19H,10-11,17-18H2,1-4H3/t19-/m1/s1. The number of hydrogen-bond acceptors (Lipinski definition) is 2. The average molecular weight is 402 g/mol. The number of aryl methyl sites for hydroxylation is 2. The maximum Gasteiger partial charge on any atom is 0.228 e. The van der Waals surface area contributed by atoms with Crippen molar-refractivity contribution in [3.63, 3.8) is 0 Å². The van der Waals surface area contributed by atoms with Gasteiger partial charge in [-0.25, -0.2) is 4.98 Å². The molecule has 0 radical (unpaired) electrons. The zero-order chi connectivity index (χ0) is 21.3. The number of aromatic nitrogens is 2. The third-order valence-corrected chi connectivity index (χ3v) is 6.49. The highest BCUT2D eigenvalue weighted by Gasteiger charge is 2.29. The molecular formula is C26H31N3O. The van der Waals surface area contributed by atoms with Crippen LogP contribution in [0.25, 0.3) is 0 Å². The molecule has 4 nitrogen and oxygen atoms in total. The molecule has 0 saturated heterocycles. The van der Waals surface area contributed by atoms with Gasteiger partial charge in [0.05, 0.1) is 6.54 Å². The summed E-state index contributed by atoms with van der Waals surface area (Å²) in [4.78, 5) is 20.0. The molecule has 1 aromatic heterocycles. The summed E-state index contributed by atoms with van der Waals surface area (Å²) in [6.45, 7) is 7.04. The van der Waals surface area contributed by atoms with E-state index in [0.717, 1.165) is 17.9 Å². The lowest BCUT2D eigenvalue weighted by Crippen LogP contribution is -2.36. The van der Waals surface area contributed by atoms with E-state index in [1.807, 2.05) is 40.9 Å². The Labute approximate surface area is 179 Å². The Bertz CT molecular complexity index is 1040. The van der Waals surface area contributed by atoms with Crippen molar-refractivity contribution < 1.29 is 4.79 Å². The van der Waals surface area contributed by atoms with Crippen molar-refractivity contribution in [1.29, 1.82) is 0 Å². The van der Waals surface area contributed by atoms with Crippen molar-refractivity contribution in [1.82, 2.24) is 9.55 Å². The SMILES string of the molecule is C[C@@H]1CCc2ccc(N(Cc3nccn3C)C(=O)CC(C)(C)c3ccccc3)cc21. The highest BCUT2D eigenvalue weighted by molar-refractivity contribution is 5.94. The number of carbonyl (C=O) groups excluding carboxylic acids is 1. The predicted octanol–water partition coefficient (Wildman–Crippen LogP) is 5.37. The minimum Gasteiger partial charge on any atom is -0.337 e. The summed E-state index contributed by atoms with van der Waals surface area (Å²) in [7, 11) is 1.98. The van der Waals surface area contributed by atoms with Gasteiger partial charge in [-0.1, -0.05) is 57.2 Å². The molecule has 0 fully saturated rings. The molecule has 0 saturated carbocycles. The molecule has 30 heavy (non-hydrogen) atoms. The molecule has 0 spiro atoms. The van der Waals surface area contributed by atoms with E-state index in [1.165, 1.54) is 23.1 Å². The van der Waals surface area contributed by atoms with Crippen molar-refractivity contribution in [3.8, 4) is 0 Å². The predicted molar refractivity (Wildman–Crippen MR) is 122 cm³/mol. The van der Waals surface area contributed by atoms with E-state index in [2.05, 4.69) is 56.1 Å². The smallest absolute Gasteiger partial charge is 0.228 e. The van der Waals surface area contributed by atoms with Crippen LogP contribution >= 0.6 is 0 Å². The largest absolute Gasteiger partial charge is 0.337 e. The van der Waals surface area contributed by atoms with Gasteiger partial charge in [-0.3, -0.25) is 4.79 Å². The molecule has 3 aromatic rings. The van der Waals surface area contributed by atoms with Crippen molar-refractivity contribution in [2.45, 2.75) is 57.9 Å². The lowest BCUT2D eigenvalue weighted by molar-refractivity contribution is -0.119. The van der Waals surface area contributed by atoms with Crippen LogP contribution in [0.1, 0.15) is 62.0 Å². The second-order valence-corrected chi connectivity index (χ2v) is 9.18. The summed E-state index contributed by atoms with van der Waals surface area (Å²) >= 11 is 0. The maximum atomic E-state index is 13.6. The Morgan fingerprint density at radius 3 is 2.67 bits per heavy atom. The summed E-state index contributed by atoms with van der Waals surface area (Å²) in [5.41, 5.74) is 4.70. The summed E-state index contributed by atoms with van der Waals surface area (Å²) < 4.78 is 1.98. The highest BCUT2D eigenvalue weighted by Crippen LogP contribution is 2.36. The fourth-order valence-electron chi connectivity index (χ4n) is 4.44. The molecule has 1 aliphatic carbocycles. The van der Waals surface area contributed by atoms with E-state index in [1.54, 1.807) is 6.20 Å². The zero-order valence-electron chi connectivity index (χ0n) is 18.4. The molecule has 1 aliphatic rings. The average Bonchev–Trinajstić information content (AvgIpc) is 3.31. The lowest BCUT2D eigenvalue weighted by atomic mass is 9.81. The Balaban J connectivity index is 1.66. The number of amides is 1. The molecule has 1 amide bonds. The van der Waals surface area contributed by atoms with Gasteiger partial charge in [-0.15, -0.1) is 0 Å². The van der Waals surface area contributed by atoms with Crippen LogP contribution in [0.2, 0.25) is 0 Å². The zero-order valence-corrected chi connectivity index (χ0v) is 18.4. The van der Waals surface area contributed by atoms with Crippen LogP contribution in [0.5, 0.6) is 0 Å². The lowest BCUT2D eigenvalue weighted by Gasteiger charge is -2.30. The Morgan fingerprint density at radius 2 is 1.97 bits per heavy atom. The molecule has 0 unspecified atom stereocenters. The number of benzene rings is 2. The number of nitrogens with zero attached hydrogens (tertiary/aromatic N) is 3. The Kier molecular flexibility index (Phi) is 5.50. The first kappa shape index (κ1) is 20.4. The van der Waals surface area contributed by atoms with Crippen molar-refractivity contribution in [2.75, 3.05) is 4.90 Å². The van der Waals surface area contributed by atoms with Gasteiger partial charge in [0, 0.05) is 31.5 Å². The first-order valence-corrected chi connectivity index (χ1v) is 10.8. The number of anilines is 1. The number of fused-ring (bicyclic) bond motifs is 1. The monoisotopic (exact) mass is 401 g/mol. The number of imidazole rings is 1. The van der Waals surface area contributed by atoms with Crippen LogP contribution in [0.3, 0.4) is 0 Å². The molecule has 1 heterocycles. The van der Waals surface area contributed by atoms with Gasteiger partial charge < -0.3 is 9.47 Å². The van der Waals surface area contributed by atoms with Gasteiger partial charge in [-0.05, 0) is 53.0 Å². The molecule has 0 N–H and O–H groups in total. The molecule has 4 heteroatoms. The van der Waals surface area contributed by atoms with E-state index >= 15 is 0 Å². The van der Waals surface area contributed by atoms with Crippen molar-refractivity contribution in [2.24, 2.45) is 7.05 Å². The van der Waals surface area contributed by atoms with Crippen LogP contribution in [-0.2, 0) is 30.2 Å². The Morgan fingerprint density at radius 1 is 1.20 bits per heavy atom. The Hall–Kier alpha value is -2.88. The third-order valence-electron chi connectivity index (χ3n) is 6.49. The maximum absolute atomic E-state index is 13.6. The molecule has 156 valence electrons. The van der Waals surface area contributed by atoms with Gasteiger partial charge in [0.2, 0.25) is 5.91 Å². The fourth-order valence-corrected chi connectivity index (χ4v) is 4.44. The van der Waals surface area contributed by atoms with Gasteiger partial charge >= 0.3 is 0 Å². The number of carbonyl (C=O) groups is 1. The van der Waals surface area contributed by atoms with Gasteiger partial charge in [-0.2, -0.15) is 0 Å². The number of hydrogen-bond donors (Lipinski definition) is 0. The number of rotatable bonds is 6. The van der Waals surface area contributed by atoms with Crippen LogP contribution in [0.4, 0.5) is 5.69 Å². The van der Waals surface area contributed by atoms with E-state index in [9.17, 15) is 4.79 Å². The minimum atomic E-state index is -0.248. The summed E-state index contributed by atoms with van der Waals surface area (Å²) in [5, 5.41) is 0. The molecule has 4 rings (SSSR count). The quantitative estimate of drug-likeness (QED) is 0.557. The molecular weight excluding hydrogens is 370 g/mol. The van der Waals surface area contributed by atoms with Gasteiger partial charge in [0.1, 0.15) is 5.82 Å². The van der Waals surface area contributed by atoms with Gasteiger partial charge in [0.25, 0.3) is 0 Å². The van der Waals surface area contributed by atoms with E-state index in [4.69, 9.17) is 0 Å². The van der Waals surface area contributed by atoms with E-state index < -0.39 is 0 Å². The summed E-state index contributed by atoms with van der Waals surface area (Å²) in [6, 6.07) is 16.8. The van der Waals surface area contributed by atoms with Gasteiger partial charge in [0.15, 0.2) is 0 Å². The third kappa shape index (κ3) is 4.04. The second kappa shape index (κ2) is 8.10. The van der Waals surface area contributed by atoms with Crippen LogP contribution in [-0.4, -0.2) is 15.5 Å². The molecule has 1 atom stereocenters. The highest BCUT2D eigenvalue weighted by atomic mass is 16.2. The van der Waals surface area contributed by atoms with Crippen LogP contribution in [0, 0.1) is 0 Å². The van der Waals surface area contributed by atoms with E-state index in [0.29, 0.717) is 18.9 Å². The second-order valence-electron chi connectivity index (χ2n) is 9.18. The van der Waals surface area contributed by atoms with Crippen LogP contribution in [0.15, 0.2) is 60.9 Å². The fraction of sp³-hybridized carbons (Fsp3) is 0.385. The first-order chi connectivity index (χ1) is 14.3. The normalized spacial score (nSPS) is 15.8. The van der Waals surface area contributed by atoms with Crippen molar-refractivity contribution >= 4 is 11.6 Å².